The molecule has 0 fully saturated rings. The zero-order valence-electron chi connectivity index (χ0n) is 13.0. The molecule has 0 saturated carbocycles. The highest BCUT2D eigenvalue weighted by molar-refractivity contribution is 6.34. The number of benzene rings is 1. The van der Waals surface area contributed by atoms with Crippen LogP contribution in [0.2, 0.25) is 10.0 Å². The van der Waals surface area contributed by atoms with Crippen LogP contribution in [0.15, 0.2) is 12.1 Å². The first-order chi connectivity index (χ1) is 9.42. The maximum atomic E-state index is 6.42. The Morgan fingerprint density at radius 1 is 1.15 bits per heavy atom. The Labute approximate surface area is 132 Å². The summed E-state index contributed by atoms with van der Waals surface area (Å²) < 4.78 is 5.21. The lowest BCUT2D eigenvalue weighted by Crippen LogP contribution is -2.30. The normalized spacial score (nSPS) is 14.4. The Hall–Kier alpha value is -0.440. The molecule has 0 aliphatic carbocycles. The number of methoxy groups -OCH3 is 1. The number of ether oxygens (including phenoxy) is 1. The number of hydrogen-bond donors (Lipinski definition) is 1. The summed E-state index contributed by atoms with van der Waals surface area (Å²) in [4.78, 5) is 0. The average molecular weight is 318 g/mol. The number of hydrogen-bond acceptors (Lipinski definition) is 2. The van der Waals surface area contributed by atoms with Crippen LogP contribution >= 0.6 is 23.2 Å². The van der Waals surface area contributed by atoms with Crippen molar-refractivity contribution in [3.63, 3.8) is 0 Å². The summed E-state index contributed by atoms with van der Waals surface area (Å²) in [6.07, 6.45) is 1.09. The summed E-state index contributed by atoms with van der Waals surface area (Å²) in [5, 5.41) is 4.89. The van der Waals surface area contributed by atoms with E-state index in [0.717, 1.165) is 18.5 Å². The van der Waals surface area contributed by atoms with E-state index in [2.05, 4.69) is 33.0 Å². The summed E-state index contributed by atoms with van der Waals surface area (Å²) in [5.74, 6) is 1.64. The topological polar surface area (TPSA) is 21.3 Å². The van der Waals surface area contributed by atoms with Gasteiger partial charge in [-0.3, -0.25) is 0 Å². The molecule has 0 amide bonds. The average Bonchev–Trinajstić information content (AvgIpc) is 2.41. The van der Waals surface area contributed by atoms with Gasteiger partial charge < -0.3 is 10.1 Å². The van der Waals surface area contributed by atoms with Gasteiger partial charge in [-0.05, 0) is 36.4 Å². The maximum absolute atomic E-state index is 6.42. The first kappa shape index (κ1) is 17.6. The van der Waals surface area contributed by atoms with Gasteiger partial charge in [0.05, 0.1) is 12.1 Å². The van der Waals surface area contributed by atoms with Crippen molar-refractivity contribution in [3.8, 4) is 5.75 Å². The van der Waals surface area contributed by atoms with Crippen LogP contribution in [0.25, 0.3) is 0 Å². The molecule has 114 valence electrons. The van der Waals surface area contributed by atoms with Crippen molar-refractivity contribution in [3.05, 3.63) is 27.7 Å². The van der Waals surface area contributed by atoms with Crippen molar-refractivity contribution in [1.82, 2.24) is 5.32 Å². The third kappa shape index (κ3) is 4.28. The summed E-state index contributed by atoms with van der Waals surface area (Å²) in [6.45, 7) is 9.82. The molecule has 0 aromatic heterocycles. The lowest BCUT2D eigenvalue weighted by atomic mass is 9.86. The zero-order chi connectivity index (χ0) is 15.3. The molecule has 0 aliphatic rings. The monoisotopic (exact) mass is 317 g/mol. The van der Waals surface area contributed by atoms with E-state index in [1.807, 2.05) is 6.07 Å². The molecule has 20 heavy (non-hydrogen) atoms. The molecular weight excluding hydrogens is 293 g/mol. The van der Waals surface area contributed by atoms with E-state index in [9.17, 15) is 0 Å². The van der Waals surface area contributed by atoms with E-state index in [0.29, 0.717) is 27.6 Å². The van der Waals surface area contributed by atoms with Gasteiger partial charge in [-0.25, -0.2) is 0 Å². The second kappa shape index (κ2) is 8.11. The van der Waals surface area contributed by atoms with Gasteiger partial charge in [0.1, 0.15) is 5.75 Å². The Bertz CT molecular complexity index is 435. The molecule has 1 rings (SSSR count). The third-order valence-electron chi connectivity index (χ3n) is 3.80. The molecule has 1 aromatic carbocycles. The standard InChI is InChI=1S/C16H25Cl2NO/c1-6-7-19-16(11(4)10(2)3)12-8-14(18)15(20-5)9-13(12)17/h8-11,16,19H,6-7H2,1-5H3. The van der Waals surface area contributed by atoms with E-state index in [1.54, 1.807) is 13.2 Å². The van der Waals surface area contributed by atoms with Gasteiger partial charge in [-0.1, -0.05) is 50.9 Å². The van der Waals surface area contributed by atoms with Crippen molar-refractivity contribution >= 4 is 23.2 Å². The van der Waals surface area contributed by atoms with Crippen LogP contribution in [0, 0.1) is 11.8 Å². The summed E-state index contributed by atoms with van der Waals surface area (Å²) >= 11 is 12.7. The molecule has 0 bridgehead atoms. The summed E-state index contributed by atoms with van der Waals surface area (Å²) in [5.41, 5.74) is 1.05. The Balaban J connectivity index is 3.16. The molecule has 2 atom stereocenters. The van der Waals surface area contributed by atoms with Crippen LogP contribution in [0.1, 0.15) is 45.7 Å². The third-order valence-corrected chi connectivity index (χ3v) is 4.42. The van der Waals surface area contributed by atoms with Crippen LogP contribution < -0.4 is 10.1 Å². The zero-order valence-corrected chi connectivity index (χ0v) is 14.5. The second-order valence-electron chi connectivity index (χ2n) is 5.54. The van der Waals surface area contributed by atoms with Crippen molar-refractivity contribution < 1.29 is 4.74 Å². The van der Waals surface area contributed by atoms with Crippen LogP contribution in [-0.2, 0) is 0 Å². The molecule has 2 unspecified atom stereocenters. The minimum absolute atomic E-state index is 0.200. The summed E-state index contributed by atoms with van der Waals surface area (Å²) in [7, 11) is 1.60. The van der Waals surface area contributed by atoms with Gasteiger partial charge in [0.25, 0.3) is 0 Å². The number of nitrogens with one attached hydrogen (secondary N) is 1. The first-order valence-electron chi connectivity index (χ1n) is 7.18. The van der Waals surface area contributed by atoms with Crippen LogP contribution in [-0.4, -0.2) is 13.7 Å². The predicted molar refractivity (Wildman–Crippen MR) is 88.1 cm³/mol. The second-order valence-corrected chi connectivity index (χ2v) is 6.36. The van der Waals surface area contributed by atoms with Gasteiger partial charge in [0.2, 0.25) is 0 Å². The van der Waals surface area contributed by atoms with Crippen LogP contribution in [0.3, 0.4) is 0 Å². The molecule has 1 N–H and O–H groups in total. The Morgan fingerprint density at radius 2 is 1.80 bits per heavy atom. The highest BCUT2D eigenvalue weighted by Crippen LogP contribution is 2.38. The van der Waals surface area contributed by atoms with E-state index in [1.165, 1.54) is 0 Å². The van der Waals surface area contributed by atoms with E-state index >= 15 is 0 Å². The Kier molecular flexibility index (Phi) is 7.14. The highest BCUT2D eigenvalue weighted by Gasteiger charge is 2.24. The van der Waals surface area contributed by atoms with Gasteiger partial charge in [-0.2, -0.15) is 0 Å². The minimum atomic E-state index is 0.200. The summed E-state index contributed by atoms with van der Waals surface area (Å²) in [6, 6.07) is 3.92. The molecule has 0 heterocycles. The smallest absolute Gasteiger partial charge is 0.138 e. The van der Waals surface area contributed by atoms with Crippen molar-refractivity contribution in [2.24, 2.45) is 11.8 Å². The Morgan fingerprint density at radius 3 is 2.30 bits per heavy atom. The predicted octanol–water partition coefficient (Wildman–Crippen LogP) is 5.33. The molecule has 0 spiro atoms. The van der Waals surface area contributed by atoms with Crippen molar-refractivity contribution in [1.29, 1.82) is 0 Å². The van der Waals surface area contributed by atoms with Crippen molar-refractivity contribution in [2.75, 3.05) is 13.7 Å². The van der Waals surface area contributed by atoms with Crippen LogP contribution in [0.5, 0.6) is 5.75 Å². The largest absolute Gasteiger partial charge is 0.495 e. The fourth-order valence-electron chi connectivity index (χ4n) is 2.20. The van der Waals surface area contributed by atoms with Gasteiger partial charge in [-0.15, -0.1) is 0 Å². The minimum Gasteiger partial charge on any atom is -0.495 e. The van der Waals surface area contributed by atoms with Gasteiger partial charge in [0.15, 0.2) is 0 Å². The number of rotatable bonds is 7. The molecular formula is C16H25Cl2NO. The molecule has 0 saturated heterocycles. The maximum Gasteiger partial charge on any atom is 0.138 e. The SMILES string of the molecule is CCCNC(c1cc(Cl)c(OC)cc1Cl)C(C)C(C)C. The lowest BCUT2D eigenvalue weighted by molar-refractivity contribution is 0.303. The number of halogens is 2. The van der Waals surface area contributed by atoms with Crippen molar-refractivity contribution in [2.45, 2.75) is 40.2 Å². The van der Waals surface area contributed by atoms with E-state index in [4.69, 9.17) is 27.9 Å². The lowest BCUT2D eigenvalue weighted by Gasteiger charge is -2.29. The van der Waals surface area contributed by atoms with Gasteiger partial charge in [0, 0.05) is 17.1 Å². The quantitative estimate of drug-likeness (QED) is 0.733. The van der Waals surface area contributed by atoms with Crippen LogP contribution in [0.4, 0.5) is 0 Å². The molecule has 4 heteroatoms. The highest BCUT2D eigenvalue weighted by atomic mass is 35.5. The van der Waals surface area contributed by atoms with E-state index in [-0.39, 0.29) is 6.04 Å². The van der Waals surface area contributed by atoms with E-state index < -0.39 is 0 Å². The molecule has 1 aromatic rings. The molecule has 0 radical (unpaired) electrons. The fraction of sp³-hybridized carbons (Fsp3) is 0.625. The molecule has 2 nitrogen and oxygen atoms in total. The van der Waals surface area contributed by atoms with Gasteiger partial charge >= 0.3 is 0 Å². The first-order valence-corrected chi connectivity index (χ1v) is 7.94. The molecule has 0 aliphatic heterocycles. The fourth-order valence-corrected chi connectivity index (χ4v) is 2.72.